The molecule has 0 aromatic heterocycles. The molecule has 3 aromatic rings. The molecule has 5 heteroatoms. The third-order valence-electron chi connectivity index (χ3n) is 5.30. The molecule has 0 spiro atoms. The van der Waals surface area contributed by atoms with Crippen molar-refractivity contribution < 1.29 is 9.59 Å². The summed E-state index contributed by atoms with van der Waals surface area (Å²) in [6, 6.07) is 25.9. The minimum absolute atomic E-state index is 0.363. The van der Waals surface area contributed by atoms with Crippen LogP contribution in [0.5, 0.6) is 0 Å². The van der Waals surface area contributed by atoms with Gasteiger partial charge in [0.15, 0.2) is 0 Å². The molecule has 0 fully saturated rings. The minimum atomic E-state index is -0.372. The molecule has 0 unspecified atom stereocenters. The van der Waals surface area contributed by atoms with Gasteiger partial charge in [0.1, 0.15) is 5.70 Å². The van der Waals surface area contributed by atoms with Gasteiger partial charge in [0, 0.05) is 13.6 Å². The average Bonchev–Trinajstić information content (AvgIpc) is 3.05. The molecule has 1 heterocycles. The molecule has 4 rings (SSSR count). The zero-order valence-corrected chi connectivity index (χ0v) is 17.4. The number of amides is 2. The van der Waals surface area contributed by atoms with Crippen LogP contribution in [0, 0.1) is 18.3 Å². The van der Waals surface area contributed by atoms with Crippen molar-refractivity contribution in [2.75, 3.05) is 11.9 Å². The minimum Gasteiger partial charge on any atom is -0.365 e. The SMILES string of the molecule is Cc1ccc(C2=C(N(C)Cc3ccccc3)C(=O)N(c3ccc(C#N)cc3)C2=O)cc1. The van der Waals surface area contributed by atoms with E-state index in [1.54, 1.807) is 24.3 Å². The largest absolute Gasteiger partial charge is 0.365 e. The fourth-order valence-electron chi connectivity index (χ4n) is 3.71. The molecular weight excluding hydrogens is 386 g/mol. The Morgan fingerprint density at radius 3 is 2.13 bits per heavy atom. The highest BCUT2D eigenvalue weighted by atomic mass is 16.2. The molecule has 0 N–H and O–H groups in total. The zero-order chi connectivity index (χ0) is 22.0. The Morgan fingerprint density at radius 1 is 0.871 bits per heavy atom. The van der Waals surface area contributed by atoms with Crippen LogP contribution in [0.2, 0.25) is 0 Å². The molecule has 0 aliphatic carbocycles. The van der Waals surface area contributed by atoms with E-state index in [4.69, 9.17) is 5.26 Å². The predicted molar refractivity (Wildman–Crippen MR) is 120 cm³/mol. The average molecular weight is 407 g/mol. The second-order valence-corrected chi connectivity index (χ2v) is 7.54. The first-order valence-electron chi connectivity index (χ1n) is 9.95. The van der Waals surface area contributed by atoms with E-state index in [1.807, 2.05) is 73.5 Å². The first-order valence-corrected chi connectivity index (χ1v) is 9.95. The molecule has 0 saturated heterocycles. The fourth-order valence-corrected chi connectivity index (χ4v) is 3.71. The van der Waals surface area contributed by atoms with Gasteiger partial charge in [-0.2, -0.15) is 5.26 Å². The van der Waals surface area contributed by atoms with Crippen LogP contribution in [-0.2, 0) is 16.1 Å². The van der Waals surface area contributed by atoms with E-state index < -0.39 is 0 Å². The molecule has 31 heavy (non-hydrogen) atoms. The second kappa shape index (κ2) is 8.29. The zero-order valence-electron chi connectivity index (χ0n) is 17.4. The Hall–Kier alpha value is -4.17. The first-order chi connectivity index (χ1) is 15.0. The number of rotatable bonds is 5. The van der Waals surface area contributed by atoms with E-state index in [1.165, 1.54) is 4.90 Å². The van der Waals surface area contributed by atoms with E-state index in [2.05, 4.69) is 6.07 Å². The summed E-state index contributed by atoms with van der Waals surface area (Å²) in [5, 5.41) is 9.05. The molecule has 1 aliphatic heterocycles. The van der Waals surface area contributed by atoms with Gasteiger partial charge in [0.05, 0.1) is 22.9 Å². The maximum absolute atomic E-state index is 13.5. The summed E-state index contributed by atoms with van der Waals surface area (Å²) >= 11 is 0. The van der Waals surface area contributed by atoms with Crippen molar-refractivity contribution in [3.63, 3.8) is 0 Å². The molecule has 0 atom stereocenters. The van der Waals surface area contributed by atoms with Gasteiger partial charge in [-0.25, -0.2) is 4.90 Å². The number of benzene rings is 3. The summed E-state index contributed by atoms with van der Waals surface area (Å²) in [5.74, 6) is -0.739. The highest BCUT2D eigenvalue weighted by Gasteiger charge is 2.41. The summed E-state index contributed by atoms with van der Waals surface area (Å²) in [5.41, 5.74) is 4.48. The van der Waals surface area contributed by atoms with Gasteiger partial charge in [-0.15, -0.1) is 0 Å². The van der Waals surface area contributed by atoms with Gasteiger partial charge in [-0.1, -0.05) is 60.2 Å². The van der Waals surface area contributed by atoms with E-state index in [0.29, 0.717) is 34.6 Å². The molecule has 5 nitrogen and oxygen atoms in total. The topological polar surface area (TPSA) is 64.4 Å². The fraction of sp³-hybridized carbons (Fsp3) is 0.115. The molecule has 0 bridgehead atoms. The maximum Gasteiger partial charge on any atom is 0.282 e. The van der Waals surface area contributed by atoms with E-state index in [-0.39, 0.29) is 11.8 Å². The van der Waals surface area contributed by atoms with Gasteiger partial charge < -0.3 is 4.90 Å². The summed E-state index contributed by atoms with van der Waals surface area (Å²) in [6.45, 7) is 2.47. The van der Waals surface area contributed by atoms with Gasteiger partial charge >= 0.3 is 0 Å². The summed E-state index contributed by atoms with van der Waals surface area (Å²) < 4.78 is 0. The van der Waals surface area contributed by atoms with Gasteiger partial charge in [-0.3, -0.25) is 9.59 Å². The second-order valence-electron chi connectivity index (χ2n) is 7.54. The Labute approximate surface area is 181 Å². The number of carbonyl (C=O) groups is 2. The van der Waals surface area contributed by atoms with Crippen molar-refractivity contribution >= 4 is 23.1 Å². The lowest BCUT2D eigenvalue weighted by atomic mass is 10.0. The van der Waals surface area contributed by atoms with Crippen LogP contribution in [0.3, 0.4) is 0 Å². The Kier molecular flexibility index (Phi) is 5.38. The molecular formula is C26H21N3O2. The number of imide groups is 1. The maximum atomic E-state index is 13.5. The van der Waals surface area contributed by atoms with Crippen molar-refractivity contribution in [3.05, 3.63) is 107 Å². The van der Waals surface area contributed by atoms with Gasteiger partial charge in [0.25, 0.3) is 11.8 Å². The number of carbonyl (C=O) groups excluding carboxylic acids is 2. The van der Waals surface area contributed by atoms with Crippen molar-refractivity contribution in [3.8, 4) is 6.07 Å². The molecule has 3 aromatic carbocycles. The van der Waals surface area contributed by atoms with E-state index >= 15 is 0 Å². The van der Waals surface area contributed by atoms with Crippen molar-refractivity contribution in [2.45, 2.75) is 13.5 Å². The monoisotopic (exact) mass is 407 g/mol. The van der Waals surface area contributed by atoms with Crippen LogP contribution < -0.4 is 4.90 Å². The number of anilines is 1. The van der Waals surface area contributed by atoms with Crippen molar-refractivity contribution in [2.24, 2.45) is 0 Å². The molecule has 2 amide bonds. The lowest BCUT2D eigenvalue weighted by Crippen LogP contribution is -2.34. The van der Waals surface area contributed by atoms with Crippen LogP contribution in [0.15, 0.2) is 84.6 Å². The molecule has 0 saturated carbocycles. The third-order valence-corrected chi connectivity index (χ3v) is 5.30. The number of nitriles is 1. The molecule has 1 aliphatic rings. The van der Waals surface area contributed by atoms with Crippen LogP contribution in [0.1, 0.15) is 22.3 Å². The highest BCUT2D eigenvalue weighted by molar-refractivity contribution is 6.45. The predicted octanol–water partition coefficient (Wildman–Crippen LogP) is 4.28. The van der Waals surface area contributed by atoms with Crippen LogP contribution in [0.25, 0.3) is 5.57 Å². The van der Waals surface area contributed by atoms with Crippen molar-refractivity contribution in [1.29, 1.82) is 5.26 Å². The van der Waals surface area contributed by atoms with E-state index in [9.17, 15) is 9.59 Å². The highest BCUT2D eigenvalue weighted by Crippen LogP contribution is 2.35. The lowest BCUT2D eigenvalue weighted by Gasteiger charge is -2.21. The number of hydrogen-bond donors (Lipinski definition) is 0. The third kappa shape index (κ3) is 3.84. The summed E-state index contributed by atoms with van der Waals surface area (Å²) in [4.78, 5) is 30.0. The van der Waals surface area contributed by atoms with Crippen molar-refractivity contribution in [1.82, 2.24) is 4.90 Å². The Morgan fingerprint density at radius 2 is 1.52 bits per heavy atom. The smallest absolute Gasteiger partial charge is 0.282 e. The quantitative estimate of drug-likeness (QED) is 0.592. The lowest BCUT2D eigenvalue weighted by molar-refractivity contribution is -0.120. The van der Waals surface area contributed by atoms with Crippen LogP contribution in [-0.4, -0.2) is 23.8 Å². The summed E-state index contributed by atoms with van der Waals surface area (Å²) in [6.07, 6.45) is 0. The number of aryl methyl sites for hydroxylation is 1. The number of hydrogen-bond acceptors (Lipinski definition) is 4. The Balaban J connectivity index is 1.78. The molecule has 0 radical (unpaired) electrons. The first kappa shape index (κ1) is 20.1. The van der Waals surface area contributed by atoms with Gasteiger partial charge in [-0.05, 0) is 42.3 Å². The number of likely N-dealkylation sites (N-methyl/N-ethyl adjacent to an activating group) is 1. The standard InChI is InChI=1S/C26H21N3O2/c1-18-8-12-21(13-9-18)23-24(28(2)17-20-6-4-3-5-7-20)26(31)29(25(23)30)22-14-10-19(16-27)11-15-22/h3-15H,17H2,1-2H3. The molecule has 152 valence electrons. The Bertz CT molecular complexity index is 1200. The van der Waals surface area contributed by atoms with Crippen LogP contribution in [0.4, 0.5) is 5.69 Å². The number of nitrogens with zero attached hydrogens (tertiary/aromatic N) is 3. The van der Waals surface area contributed by atoms with E-state index in [0.717, 1.165) is 11.1 Å². The van der Waals surface area contributed by atoms with Gasteiger partial charge in [0.2, 0.25) is 0 Å². The van der Waals surface area contributed by atoms with Crippen LogP contribution >= 0.6 is 0 Å². The summed E-state index contributed by atoms with van der Waals surface area (Å²) in [7, 11) is 1.82. The normalized spacial score (nSPS) is 13.5.